The fourth-order valence-corrected chi connectivity index (χ4v) is 3.47. The second-order valence-corrected chi connectivity index (χ2v) is 6.35. The normalized spacial score (nSPS) is 32.1. The van der Waals surface area contributed by atoms with E-state index < -0.39 is 0 Å². The van der Waals surface area contributed by atoms with Gasteiger partial charge in [0.2, 0.25) is 0 Å². The Labute approximate surface area is 106 Å². The maximum Gasteiger partial charge on any atom is 0.0462 e. The van der Waals surface area contributed by atoms with Crippen LogP contribution in [0.1, 0.15) is 58.3 Å². The van der Waals surface area contributed by atoms with Crippen LogP contribution in [0.15, 0.2) is 0 Å². The minimum Gasteiger partial charge on any atom is -0.396 e. The van der Waals surface area contributed by atoms with Crippen molar-refractivity contribution in [2.75, 3.05) is 13.2 Å². The zero-order valence-corrected chi connectivity index (χ0v) is 11.3. The van der Waals surface area contributed by atoms with Gasteiger partial charge in [-0.3, -0.25) is 0 Å². The number of aliphatic hydroxyl groups is 1. The molecule has 2 aliphatic carbocycles. The van der Waals surface area contributed by atoms with Gasteiger partial charge in [-0.05, 0) is 50.0 Å². The van der Waals surface area contributed by atoms with E-state index in [1.165, 1.54) is 51.4 Å². The summed E-state index contributed by atoms with van der Waals surface area (Å²) < 4.78 is 0. The van der Waals surface area contributed by atoms with Crippen molar-refractivity contribution in [2.45, 2.75) is 64.3 Å². The zero-order chi connectivity index (χ0) is 12.1. The Bertz CT molecular complexity index is 215. The van der Waals surface area contributed by atoms with E-state index in [9.17, 15) is 5.11 Å². The molecule has 2 rings (SSSR count). The Morgan fingerprint density at radius 2 is 1.94 bits per heavy atom. The van der Waals surface area contributed by atoms with Crippen molar-refractivity contribution in [3.8, 4) is 0 Å². The van der Waals surface area contributed by atoms with Crippen LogP contribution < -0.4 is 5.32 Å². The highest BCUT2D eigenvalue weighted by Gasteiger charge is 2.26. The molecule has 0 heterocycles. The largest absolute Gasteiger partial charge is 0.396 e. The van der Waals surface area contributed by atoms with Crippen LogP contribution in [0, 0.1) is 17.8 Å². The summed E-state index contributed by atoms with van der Waals surface area (Å²) in [4.78, 5) is 0. The van der Waals surface area contributed by atoms with Gasteiger partial charge in [-0.15, -0.1) is 0 Å². The van der Waals surface area contributed by atoms with Gasteiger partial charge in [-0.1, -0.05) is 32.6 Å². The van der Waals surface area contributed by atoms with Gasteiger partial charge in [-0.2, -0.15) is 0 Å². The van der Waals surface area contributed by atoms with Crippen molar-refractivity contribution < 1.29 is 5.11 Å². The first-order valence-corrected chi connectivity index (χ1v) is 7.64. The molecule has 2 saturated carbocycles. The molecule has 100 valence electrons. The molecule has 0 aromatic carbocycles. The molecular formula is C15H29NO. The van der Waals surface area contributed by atoms with Crippen LogP contribution in [-0.2, 0) is 0 Å². The molecule has 0 amide bonds. The minimum absolute atomic E-state index is 0.393. The third kappa shape index (κ3) is 3.96. The summed E-state index contributed by atoms with van der Waals surface area (Å²) in [5.41, 5.74) is 0. The molecule has 0 bridgehead atoms. The van der Waals surface area contributed by atoms with E-state index >= 15 is 0 Å². The van der Waals surface area contributed by atoms with Gasteiger partial charge in [0, 0.05) is 12.6 Å². The van der Waals surface area contributed by atoms with E-state index in [-0.39, 0.29) is 0 Å². The first-order chi connectivity index (χ1) is 8.29. The third-order valence-corrected chi connectivity index (χ3v) is 4.93. The summed E-state index contributed by atoms with van der Waals surface area (Å²) in [5.74, 6) is 2.21. The molecular weight excluding hydrogens is 210 g/mol. The molecule has 2 fully saturated rings. The van der Waals surface area contributed by atoms with E-state index in [4.69, 9.17) is 0 Å². The van der Waals surface area contributed by atoms with E-state index in [0.717, 1.165) is 24.4 Å². The number of aliphatic hydroxyl groups excluding tert-OH is 1. The summed E-state index contributed by atoms with van der Waals surface area (Å²) in [7, 11) is 0. The average Bonchev–Trinajstić information content (AvgIpc) is 2.27. The standard InChI is InChI=1S/C15H29NO/c1-12-4-2-5-13(10-12)14(11-17)8-9-16-15-6-3-7-15/h12-17H,2-11H2,1H3. The summed E-state index contributed by atoms with van der Waals surface area (Å²) in [6, 6.07) is 0.791. The summed E-state index contributed by atoms with van der Waals surface area (Å²) in [6.07, 6.45) is 10.8. The van der Waals surface area contributed by atoms with Gasteiger partial charge < -0.3 is 10.4 Å². The molecule has 3 unspecified atom stereocenters. The Balaban J connectivity index is 1.67. The van der Waals surface area contributed by atoms with Crippen LogP contribution in [-0.4, -0.2) is 24.3 Å². The van der Waals surface area contributed by atoms with Crippen LogP contribution in [0.2, 0.25) is 0 Å². The highest BCUT2D eigenvalue weighted by molar-refractivity contribution is 4.80. The van der Waals surface area contributed by atoms with Crippen molar-refractivity contribution in [1.82, 2.24) is 5.32 Å². The van der Waals surface area contributed by atoms with Crippen molar-refractivity contribution in [1.29, 1.82) is 0 Å². The van der Waals surface area contributed by atoms with E-state index in [1.807, 2.05) is 0 Å². The molecule has 2 heteroatoms. The van der Waals surface area contributed by atoms with E-state index in [2.05, 4.69) is 12.2 Å². The van der Waals surface area contributed by atoms with Gasteiger partial charge in [0.15, 0.2) is 0 Å². The number of hydrogen-bond donors (Lipinski definition) is 2. The smallest absolute Gasteiger partial charge is 0.0462 e. The fourth-order valence-electron chi connectivity index (χ4n) is 3.47. The second kappa shape index (κ2) is 6.75. The van der Waals surface area contributed by atoms with Crippen LogP contribution in [0.3, 0.4) is 0 Å². The molecule has 2 aliphatic rings. The van der Waals surface area contributed by atoms with Crippen LogP contribution in [0.4, 0.5) is 0 Å². The molecule has 0 aliphatic heterocycles. The zero-order valence-electron chi connectivity index (χ0n) is 11.3. The Hall–Kier alpha value is -0.0800. The second-order valence-electron chi connectivity index (χ2n) is 6.35. The first-order valence-electron chi connectivity index (χ1n) is 7.64. The van der Waals surface area contributed by atoms with E-state index in [0.29, 0.717) is 12.5 Å². The predicted octanol–water partition coefficient (Wildman–Crippen LogP) is 2.95. The van der Waals surface area contributed by atoms with Gasteiger partial charge in [0.05, 0.1) is 0 Å². The summed E-state index contributed by atoms with van der Waals surface area (Å²) in [6.45, 7) is 3.87. The quantitative estimate of drug-likeness (QED) is 0.747. The van der Waals surface area contributed by atoms with Gasteiger partial charge in [0.25, 0.3) is 0 Å². The van der Waals surface area contributed by atoms with Crippen molar-refractivity contribution in [3.05, 3.63) is 0 Å². The van der Waals surface area contributed by atoms with Crippen LogP contribution >= 0.6 is 0 Å². The lowest BCUT2D eigenvalue weighted by atomic mass is 9.75. The molecule has 0 radical (unpaired) electrons. The molecule has 0 spiro atoms. The SMILES string of the molecule is CC1CCCC(C(CO)CCNC2CCC2)C1. The lowest BCUT2D eigenvalue weighted by Gasteiger charge is -2.33. The average molecular weight is 239 g/mol. The maximum absolute atomic E-state index is 9.57. The van der Waals surface area contributed by atoms with Gasteiger partial charge >= 0.3 is 0 Å². The Morgan fingerprint density at radius 1 is 1.18 bits per heavy atom. The number of rotatable bonds is 6. The molecule has 0 aromatic heterocycles. The predicted molar refractivity (Wildman–Crippen MR) is 72.0 cm³/mol. The van der Waals surface area contributed by atoms with Gasteiger partial charge in [0.1, 0.15) is 0 Å². The molecule has 2 N–H and O–H groups in total. The van der Waals surface area contributed by atoms with Crippen molar-refractivity contribution in [2.24, 2.45) is 17.8 Å². The lowest BCUT2D eigenvalue weighted by molar-refractivity contribution is 0.121. The molecule has 0 saturated heterocycles. The molecule has 3 atom stereocenters. The third-order valence-electron chi connectivity index (χ3n) is 4.93. The maximum atomic E-state index is 9.57. The minimum atomic E-state index is 0.393. The number of hydrogen-bond acceptors (Lipinski definition) is 2. The topological polar surface area (TPSA) is 32.3 Å². The highest BCUT2D eigenvalue weighted by atomic mass is 16.3. The summed E-state index contributed by atoms with van der Waals surface area (Å²) in [5, 5.41) is 13.2. The van der Waals surface area contributed by atoms with Crippen LogP contribution in [0.25, 0.3) is 0 Å². The highest BCUT2D eigenvalue weighted by Crippen LogP contribution is 2.34. The molecule has 17 heavy (non-hydrogen) atoms. The van der Waals surface area contributed by atoms with Crippen molar-refractivity contribution >= 4 is 0 Å². The molecule has 0 aromatic rings. The molecule has 2 nitrogen and oxygen atoms in total. The van der Waals surface area contributed by atoms with Crippen LogP contribution in [0.5, 0.6) is 0 Å². The van der Waals surface area contributed by atoms with E-state index in [1.54, 1.807) is 0 Å². The fraction of sp³-hybridized carbons (Fsp3) is 1.00. The Kier molecular flexibility index (Phi) is 5.30. The van der Waals surface area contributed by atoms with Gasteiger partial charge in [-0.25, -0.2) is 0 Å². The lowest BCUT2D eigenvalue weighted by Crippen LogP contribution is -2.37. The van der Waals surface area contributed by atoms with Crippen molar-refractivity contribution in [3.63, 3.8) is 0 Å². The Morgan fingerprint density at radius 3 is 2.53 bits per heavy atom. The monoisotopic (exact) mass is 239 g/mol. The number of nitrogens with one attached hydrogen (secondary N) is 1. The first kappa shape index (κ1) is 13.4. The summed E-state index contributed by atoms with van der Waals surface area (Å²) >= 11 is 0.